The maximum Gasteiger partial charge on any atom is 0.227 e. The van der Waals surface area contributed by atoms with Crippen molar-refractivity contribution >= 4 is 21.4 Å². The smallest absolute Gasteiger partial charge is 0.227 e. The number of rotatable bonds is 3. The number of nitrogens with zero attached hydrogens (tertiary/aromatic N) is 1. The van der Waals surface area contributed by atoms with E-state index in [9.17, 15) is 22.7 Å². The van der Waals surface area contributed by atoms with Gasteiger partial charge in [0, 0.05) is 32.0 Å². The molecule has 30 heavy (non-hydrogen) atoms. The number of benzene rings is 2. The highest BCUT2D eigenvalue weighted by atomic mass is 32.2. The van der Waals surface area contributed by atoms with E-state index in [4.69, 9.17) is 4.74 Å². The molecule has 1 N–H and O–H groups in total. The monoisotopic (exact) mass is 433 g/mol. The second kappa shape index (κ2) is 7.44. The number of anilines is 1. The van der Waals surface area contributed by atoms with E-state index >= 15 is 0 Å². The molecule has 0 spiro atoms. The Morgan fingerprint density at radius 3 is 2.73 bits per heavy atom. The normalized spacial score (nSPS) is 24.6. The lowest BCUT2D eigenvalue weighted by molar-refractivity contribution is -0.118. The summed E-state index contributed by atoms with van der Waals surface area (Å²) < 4.78 is 46.9. The molecule has 1 amide bonds. The van der Waals surface area contributed by atoms with E-state index in [2.05, 4.69) is 0 Å². The molecule has 0 radical (unpaired) electrons. The van der Waals surface area contributed by atoms with Crippen molar-refractivity contribution in [2.45, 2.75) is 54.1 Å². The molecule has 1 fully saturated rings. The van der Waals surface area contributed by atoms with Gasteiger partial charge in [0.05, 0.1) is 23.2 Å². The lowest BCUT2D eigenvalue weighted by Crippen LogP contribution is -2.37. The van der Waals surface area contributed by atoms with Gasteiger partial charge >= 0.3 is 0 Å². The van der Waals surface area contributed by atoms with Crippen molar-refractivity contribution in [3.63, 3.8) is 0 Å². The first-order valence-corrected chi connectivity index (χ1v) is 11.4. The average molecular weight is 434 g/mol. The van der Waals surface area contributed by atoms with Crippen LogP contribution in [0, 0.1) is 5.82 Å². The number of fused-ring (bicyclic) bond motifs is 1. The highest BCUT2D eigenvalue weighted by Crippen LogP contribution is 2.37. The number of aliphatic hydroxyl groups is 1. The number of hydrogen-bond acceptors (Lipinski definition) is 5. The average Bonchev–Trinajstić information content (AvgIpc) is 2.71. The molecule has 0 saturated carbocycles. The van der Waals surface area contributed by atoms with Gasteiger partial charge in [-0.25, -0.2) is 12.8 Å². The van der Waals surface area contributed by atoms with Crippen molar-refractivity contribution < 1.29 is 27.4 Å². The van der Waals surface area contributed by atoms with E-state index in [0.717, 1.165) is 6.07 Å². The fourth-order valence-corrected chi connectivity index (χ4v) is 5.66. The van der Waals surface area contributed by atoms with Gasteiger partial charge in [0.25, 0.3) is 0 Å². The van der Waals surface area contributed by atoms with Crippen LogP contribution in [0.5, 0.6) is 0 Å². The number of sulfone groups is 1. The third kappa shape index (κ3) is 3.53. The second-order valence-electron chi connectivity index (χ2n) is 8.06. The summed E-state index contributed by atoms with van der Waals surface area (Å²) in [5, 5.41) is 11.1. The zero-order valence-corrected chi connectivity index (χ0v) is 17.7. The first-order chi connectivity index (χ1) is 14.1. The molecule has 2 aromatic rings. The minimum Gasteiger partial charge on any atom is -0.385 e. The van der Waals surface area contributed by atoms with Crippen LogP contribution in [0.3, 0.4) is 0 Å². The summed E-state index contributed by atoms with van der Waals surface area (Å²) >= 11 is 0. The summed E-state index contributed by atoms with van der Waals surface area (Å²) in [6, 6.07) is 8.49. The molecule has 0 bridgehead atoms. The molecule has 8 heteroatoms. The van der Waals surface area contributed by atoms with E-state index in [1.165, 1.54) is 23.1 Å². The molecule has 4 rings (SSSR count). The van der Waals surface area contributed by atoms with E-state index in [1.54, 1.807) is 19.2 Å². The first-order valence-electron chi connectivity index (χ1n) is 9.90. The van der Waals surface area contributed by atoms with Gasteiger partial charge in [-0.1, -0.05) is 12.1 Å². The van der Waals surface area contributed by atoms with E-state index in [0.29, 0.717) is 42.7 Å². The lowest BCUT2D eigenvalue weighted by atomic mass is 9.84. The number of carbonyl (C=O) groups excluding carboxylic acids is 1. The fourth-order valence-electron chi connectivity index (χ4n) is 4.25. The lowest BCUT2D eigenvalue weighted by Gasteiger charge is -2.36. The van der Waals surface area contributed by atoms with Gasteiger partial charge in [0.2, 0.25) is 15.7 Å². The summed E-state index contributed by atoms with van der Waals surface area (Å²) in [6.45, 7) is 2.23. The number of aryl methyl sites for hydroxylation is 1. The quantitative estimate of drug-likeness (QED) is 0.805. The molecular weight excluding hydrogens is 409 g/mol. The van der Waals surface area contributed by atoms with Gasteiger partial charge in [0.15, 0.2) is 0 Å². The van der Waals surface area contributed by atoms with Gasteiger partial charge in [0.1, 0.15) is 10.7 Å². The number of amides is 1. The standard InChI is InChI=1S/C22H24FNO5S/c1-14-13-22(26,8-9-29-14)16-4-3-5-17(11-16)30(27,28)20-10-15-6-7-21(25)24(2)19(15)12-18(20)23/h3-5,10-12,14,26H,6-9,13H2,1-2H3/t14-,22+/m0/s1. The molecule has 0 aliphatic carbocycles. The maximum absolute atomic E-state index is 14.9. The van der Waals surface area contributed by atoms with Crippen molar-refractivity contribution in [3.8, 4) is 0 Å². The summed E-state index contributed by atoms with van der Waals surface area (Å²) in [5.41, 5.74) is 0.287. The molecule has 2 heterocycles. The molecule has 0 aromatic heterocycles. The van der Waals surface area contributed by atoms with Crippen LogP contribution in [-0.2, 0) is 31.4 Å². The highest BCUT2D eigenvalue weighted by Gasteiger charge is 2.36. The Labute approximate surface area is 175 Å². The number of ether oxygens (including phenoxy) is 1. The molecule has 2 aromatic carbocycles. The van der Waals surface area contributed by atoms with E-state index < -0.39 is 26.2 Å². The Hall–Kier alpha value is -2.29. The van der Waals surface area contributed by atoms with Crippen LogP contribution < -0.4 is 4.90 Å². The molecular formula is C22H24FNO5S. The number of carbonyl (C=O) groups is 1. The molecule has 2 aliphatic heterocycles. The predicted octanol–water partition coefficient (Wildman–Crippen LogP) is 2.95. The Bertz CT molecular complexity index is 1120. The third-order valence-corrected chi connectivity index (χ3v) is 7.76. The van der Waals surface area contributed by atoms with Crippen LogP contribution in [-0.4, -0.2) is 39.2 Å². The summed E-state index contributed by atoms with van der Waals surface area (Å²) in [4.78, 5) is 12.7. The predicted molar refractivity (Wildman–Crippen MR) is 109 cm³/mol. The topological polar surface area (TPSA) is 83.9 Å². The van der Waals surface area contributed by atoms with Gasteiger partial charge in [-0.15, -0.1) is 0 Å². The molecule has 2 aliphatic rings. The largest absolute Gasteiger partial charge is 0.385 e. The van der Waals surface area contributed by atoms with Crippen LogP contribution >= 0.6 is 0 Å². The van der Waals surface area contributed by atoms with E-state index in [1.807, 2.05) is 6.92 Å². The molecule has 0 unspecified atom stereocenters. The van der Waals surface area contributed by atoms with Crippen LogP contribution in [0.2, 0.25) is 0 Å². The van der Waals surface area contributed by atoms with Crippen molar-refractivity contribution in [1.29, 1.82) is 0 Å². The first kappa shape index (κ1) is 21.0. The zero-order valence-electron chi connectivity index (χ0n) is 16.9. The molecule has 1 saturated heterocycles. The summed E-state index contributed by atoms with van der Waals surface area (Å²) in [7, 11) is -2.61. The Morgan fingerprint density at radius 2 is 2.00 bits per heavy atom. The molecule has 6 nitrogen and oxygen atoms in total. The van der Waals surface area contributed by atoms with Crippen molar-refractivity contribution in [1.82, 2.24) is 0 Å². The Morgan fingerprint density at radius 1 is 1.23 bits per heavy atom. The van der Waals surface area contributed by atoms with Crippen LogP contribution in [0.25, 0.3) is 0 Å². The van der Waals surface area contributed by atoms with Gasteiger partial charge < -0.3 is 14.7 Å². The van der Waals surface area contributed by atoms with Crippen molar-refractivity contribution in [3.05, 3.63) is 53.3 Å². The number of hydrogen-bond donors (Lipinski definition) is 1. The van der Waals surface area contributed by atoms with Crippen LogP contribution in [0.1, 0.15) is 37.3 Å². The maximum atomic E-state index is 14.9. The third-order valence-electron chi connectivity index (χ3n) is 5.99. The fraction of sp³-hybridized carbons (Fsp3) is 0.409. The van der Waals surface area contributed by atoms with Crippen LogP contribution in [0.4, 0.5) is 10.1 Å². The highest BCUT2D eigenvalue weighted by molar-refractivity contribution is 7.91. The van der Waals surface area contributed by atoms with Gasteiger partial charge in [-0.2, -0.15) is 0 Å². The summed E-state index contributed by atoms with van der Waals surface area (Å²) in [6.07, 6.45) is 1.16. The van der Waals surface area contributed by atoms with Gasteiger partial charge in [-0.05, 0) is 48.7 Å². The van der Waals surface area contributed by atoms with Crippen molar-refractivity contribution in [2.75, 3.05) is 18.6 Å². The van der Waals surface area contributed by atoms with E-state index in [-0.39, 0.29) is 23.3 Å². The van der Waals surface area contributed by atoms with Gasteiger partial charge in [-0.3, -0.25) is 4.79 Å². The Kier molecular flexibility index (Phi) is 5.20. The second-order valence-corrected chi connectivity index (χ2v) is 9.98. The molecule has 160 valence electrons. The molecule has 2 atom stereocenters. The van der Waals surface area contributed by atoms with Crippen LogP contribution in [0.15, 0.2) is 46.2 Å². The zero-order chi connectivity index (χ0) is 21.7. The minimum absolute atomic E-state index is 0.0772. The van der Waals surface area contributed by atoms with Crippen molar-refractivity contribution in [2.24, 2.45) is 0 Å². The SMILES string of the molecule is C[C@H]1C[C@@](O)(c2cccc(S(=O)(=O)c3cc4c(cc3F)N(C)C(=O)CC4)c2)CCO1. The number of halogens is 1. The minimum atomic E-state index is -4.16. The Balaban J connectivity index is 1.76. The summed E-state index contributed by atoms with van der Waals surface area (Å²) in [5.74, 6) is -1.04.